The van der Waals surface area contributed by atoms with Crippen LogP contribution in [0.3, 0.4) is 0 Å². The number of nitrogens with one attached hydrogen (secondary N) is 2. The molecule has 0 aliphatic carbocycles. The van der Waals surface area contributed by atoms with E-state index in [9.17, 15) is 24.0 Å². The summed E-state index contributed by atoms with van der Waals surface area (Å²) in [5.74, 6) is -4.37. The van der Waals surface area contributed by atoms with Crippen molar-refractivity contribution >= 4 is 29.8 Å². The number of esters is 1. The van der Waals surface area contributed by atoms with Gasteiger partial charge in [0.25, 0.3) is 0 Å². The summed E-state index contributed by atoms with van der Waals surface area (Å²) in [6, 6.07) is -0.924. The fraction of sp³-hybridized carbons (Fsp3) is 0.688. The molecule has 0 saturated heterocycles. The first kappa shape index (κ1) is 25.3. The number of carboxylic acids is 2. The van der Waals surface area contributed by atoms with E-state index in [-0.39, 0.29) is 45.3 Å². The molecule has 0 aliphatic rings. The van der Waals surface area contributed by atoms with E-state index < -0.39 is 35.9 Å². The second-order valence-corrected chi connectivity index (χ2v) is 5.55. The van der Waals surface area contributed by atoms with E-state index in [1.165, 1.54) is 0 Å². The zero-order valence-corrected chi connectivity index (χ0v) is 15.6. The Kier molecular flexibility index (Phi) is 13.8. The largest absolute Gasteiger partial charge is 0.481 e. The fourth-order valence-electron chi connectivity index (χ4n) is 1.80. The third-order valence-corrected chi connectivity index (χ3v) is 3.18. The van der Waals surface area contributed by atoms with E-state index in [0.717, 1.165) is 0 Å². The third kappa shape index (κ3) is 14.4. The van der Waals surface area contributed by atoms with Crippen molar-refractivity contribution < 1.29 is 48.6 Å². The van der Waals surface area contributed by atoms with Gasteiger partial charge in [-0.05, 0) is 26.2 Å². The first-order valence-electron chi connectivity index (χ1n) is 8.74. The molecule has 0 aromatic rings. The topological polar surface area (TPSA) is 178 Å². The number of rotatable bonds is 16. The van der Waals surface area contributed by atoms with Gasteiger partial charge in [0.15, 0.2) is 0 Å². The van der Waals surface area contributed by atoms with Crippen LogP contribution < -0.4 is 11.0 Å². The van der Waals surface area contributed by atoms with Gasteiger partial charge in [-0.1, -0.05) is 0 Å². The smallest absolute Gasteiger partial charge is 0.326 e. The maximum Gasteiger partial charge on any atom is 0.326 e. The van der Waals surface area contributed by atoms with Crippen molar-refractivity contribution in [1.82, 2.24) is 11.0 Å². The van der Waals surface area contributed by atoms with Gasteiger partial charge in [-0.2, -0.15) is 5.48 Å². The van der Waals surface area contributed by atoms with Crippen LogP contribution in [-0.2, 0) is 38.4 Å². The van der Waals surface area contributed by atoms with E-state index in [2.05, 4.69) is 15.8 Å². The standard InChI is InChI=1S/C16H26N2O10/c1-2-26-16(25)11(18-28-15(24)9-7-13(21)22)5-3-4-10-17-27-14(23)8-6-12(19)20/h11,17-18H,2-10H2,1H3,(H,19,20)(H,21,22). The molecule has 0 amide bonds. The van der Waals surface area contributed by atoms with Gasteiger partial charge in [0.1, 0.15) is 6.04 Å². The molecule has 0 aromatic carbocycles. The quantitative estimate of drug-likeness (QED) is 0.116. The van der Waals surface area contributed by atoms with Crippen molar-refractivity contribution in [3.8, 4) is 0 Å². The molecule has 1 atom stereocenters. The molecule has 12 nitrogen and oxygen atoms in total. The van der Waals surface area contributed by atoms with E-state index in [1.54, 1.807) is 6.92 Å². The average molecular weight is 406 g/mol. The molecule has 28 heavy (non-hydrogen) atoms. The summed E-state index contributed by atoms with van der Waals surface area (Å²) in [7, 11) is 0. The van der Waals surface area contributed by atoms with Gasteiger partial charge in [-0.25, -0.2) is 0 Å². The van der Waals surface area contributed by atoms with Crippen LogP contribution in [0.15, 0.2) is 0 Å². The number of aliphatic carboxylic acids is 2. The molecule has 0 aliphatic heterocycles. The Morgan fingerprint density at radius 2 is 1.43 bits per heavy atom. The van der Waals surface area contributed by atoms with E-state index in [0.29, 0.717) is 12.8 Å². The van der Waals surface area contributed by atoms with E-state index >= 15 is 0 Å². The Labute approximate surface area is 161 Å². The Bertz CT molecular complexity index is 538. The zero-order chi connectivity index (χ0) is 21.4. The maximum atomic E-state index is 11.9. The van der Waals surface area contributed by atoms with Gasteiger partial charge in [0, 0.05) is 6.54 Å². The highest BCUT2D eigenvalue weighted by Gasteiger charge is 2.21. The van der Waals surface area contributed by atoms with Crippen molar-refractivity contribution in [2.45, 2.75) is 57.9 Å². The van der Waals surface area contributed by atoms with Crippen molar-refractivity contribution in [2.24, 2.45) is 0 Å². The van der Waals surface area contributed by atoms with Gasteiger partial charge in [0.2, 0.25) is 0 Å². The number of unbranched alkanes of at least 4 members (excludes halogenated alkanes) is 1. The van der Waals surface area contributed by atoms with Crippen LogP contribution in [0.2, 0.25) is 0 Å². The molecule has 160 valence electrons. The number of carboxylic acid groups (broad SMARTS) is 2. The highest BCUT2D eigenvalue weighted by Crippen LogP contribution is 2.04. The number of ether oxygens (including phenoxy) is 1. The van der Waals surface area contributed by atoms with Crippen LogP contribution in [0, 0.1) is 0 Å². The van der Waals surface area contributed by atoms with E-state index in [4.69, 9.17) is 19.8 Å². The molecule has 0 rings (SSSR count). The summed E-state index contributed by atoms with van der Waals surface area (Å²) in [5.41, 5.74) is 4.68. The molecule has 0 radical (unpaired) electrons. The van der Waals surface area contributed by atoms with Crippen LogP contribution in [0.25, 0.3) is 0 Å². The molecule has 0 fully saturated rings. The molecule has 12 heteroatoms. The Morgan fingerprint density at radius 3 is 1.96 bits per heavy atom. The predicted octanol–water partition coefficient (Wildman–Crippen LogP) is -0.0864. The molecule has 0 saturated carbocycles. The fourth-order valence-corrected chi connectivity index (χ4v) is 1.80. The first-order chi connectivity index (χ1) is 13.3. The second-order valence-electron chi connectivity index (χ2n) is 5.55. The summed E-state index contributed by atoms with van der Waals surface area (Å²) in [5, 5.41) is 16.9. The summed E-state index contributed by atoms with van der Waals surface area (Å²) in [6.45, 7) is 2.03. The highest BCUT2D eigenvalue weighted by atomic mass is 16.7. The molecule has 0 aromatic heterocycles. The lowest BCUT2D eigenvalue weighted by Crippen LogP contribution is -2.39. The van der Waals surface area contributed by atoms with Gasteiger partial charge in [-0.3, -0.25) is 24.0 Å². The highest BCUT2D eigenvalue weighted by molar-refractivity contribution is 5.78. The van der Waals surface area contributed by atoms with Crippen LogP contribution in [0.5, 0.6) is 0 Å². The zero-order valence-electron chi connectivity index (χ0n) is 15.6. The Hall–Kier alpha value is -2.73. The van der Waals surface area contributed by atoms with Gasteiger partial charge in [-0.15, -0.1) is 5.48 Å². The lowest BCUT2D eigenvalue weighted by molar-refractivity contribution is -0.162. The van der Waals surface area contributed by atoms with Crippen LogP contribution in [0.4, 0.5) is 0 Å². The minimum atomic E-state index is -1.14. The summed E-state index contributed by atoms with van der Waals surface area (Å²) in [6.07, 6.45) is -0.0707. The lowest BCUT2D eigenvalue weighted by Gasteiger charge is -2.16. The Balaban J connectivity index is 4.10. The second kappa shape index (κ2) is 15.3. The van der Waals surface area contributed by atoms with Gasteiger partial charge in [0.05, 0.1) is 32.3 Å². The summed E-state index contributed by atoms with van der Waals surface area (Å²) < 4.78 is 4.87. The van der Waals surface area contributed by atoms with E-state index in [1.807, 2.05) is 0 Å². The van der Waals surface area contributed by atoms with Crippen LogP contribution in [-0.4, -0.2) is 59.3 Å². The molecule has 0 bridgehead atoms. The van der Waals surface area contributed by atoms with Gasteiger partial charge < -0.3 is 24.6 Å². The minimum absolute atomic E-state index is 0.137. The number of hydrogen-bond donors (Lipinski definition) is 4. The van der Waals surface area contributed by atoms with Crippen molar-refractivity contribution in [3.63, 3.8) is 0 Å². The number of carbonyl (C=O) groups excluding carboxylic acids is 3. The Morgan fingerprint density at radius 1 is 0.857 bits per heavy atom. The van der Waals surface area contributed by atoms with Gasteiger partial charge >= 0.3 is 29.8 Å². The predicted molar refractivity (Wildman–Crippen MR) is 91.3 cm³/mol. The minimum Gasteiger partial charge on any atom is -0.481 e. The molecule has 4 N–H and O–H groups in total. The number of carbonyl (C=O) groups is 5. The summed E-state index contributed by atoms with van der Waals surface area (Å²) in [4.78, 5) is 64.5. The van der Waals surface area contributed by atoms with Crippen LogP contribution in [0.1, 0.15) is 51.9 Å². The molecular weight excluding hydrogens is 380 g/mol. The van der Waals surface area contributed by atoms with Crippen LogP contribution >= 0.6 is 0 Å². The number of hydrogen-bond acceptors (Lipinski definition) is 10. The molecule has 0 heterocycles. The molecule has 0 spiro atoms. The normalized spacial score (nSPS) is 11.3. The average Bonchev–Trinajstić information content (AvgIpc) is 2.63. The van der Waals surface area contributed by atoms with Crippen molar-refractivity contribution in [2.75, 3.05) is 13.2 Å². The maximum absolute atomic E-state index is 11.9. The SMILES string of the molecule is CCOC(=O)C(CCCCNOC(=O)CCC(=O)O)NOC(=O)CCC(=O)O. The molecular formula is C16H26N2O10. The summed E-state index contributed by atoms with van der Waals surface area (Å²) >= 11 is 0. The lowest BCUT2D eigenvalue weighted by atomic mass is 10.1. The molecule has 1 unspecified atom stereocenters. The number of hydroxylamine groups is 2. The monoisotopic (exact) mass is 406 g/mol. The first-order valence-corrected chi connectivity index (χ1v) is 8.74. The van der Waals surface area contributed by atoms with Crippen molar-refractivity contribution in [1.29, 1.82) is 0 Å². The third-order valence-electron chi connectivity index (χ3n) is 3.18. The van der Waals surface area contributed by atoms with Crippen molar-refractivity contribution in [3.05, 3.63) is 0 Å².